The van der Waals surface area contributed by atoms with Crippen molar-refractivity contribution in [3.05, 3.63) is 36.2 Å². The summed E-state index contributed by atoms with van der Waals surface area (Å²) in [4.78, 5) is 20.6. The van der Waals surface area contributed by atoms with Gasteiger partial charge in [0.15, 0.2) is 0 Å². The van der Waals surface area contributed by atoms with E-state index in [2.05, 4.69) is 9.97 Å². The van der Waals surface area contributed by atoms with Crippen LogP contribution in [0.25, 0.3) is 0 Å². The number of rotatable bonds is 3. The van der Waals surface area contributed by atoms with Gasteiger partial charge in [-0.1, -0.05) is 0 Å². The minimum Gasteiger partial charge on any atom is -0.397 e. The Morgan fingerprint density at radius 3 is 2.94 bits per heavy atom. The minimum absolute atomic E-state index is 0.107. The molecule has 2 heterocycles. The first kappa shape index (κ1) is 11.3. The molecule has 6 heteroatoms. The normalized spacial score (nSPS) is 10.5. The van der Waals surface area contributed by atoms with Crippen molar-refractivity contribution in [3.63, 3.8) is 0 Å². The number of nitrogens with zero attached hydrogens (tertiary/aromatic N) is 3. The Bertz CT molecular complexity index is 527. The van der Waals surface area contributed by atoms with Gasteiger partial charge < -0.3 is 20.2 Å². The Kier molecular flexibility index (Phi) is 2.86. The van der Waals surface area contributed by atoms with Crippen LogP contribution in [0.5, 0.6) is 0 Å². The molecule has 0 spiro atoms. The summed E-state index contributed by atoms with van der Waals surface area (Å²) < 4.78 is 1.88. The van der Waals surface area contributed by atoms with Crippen LogP contribution in [0.3, 0.4) is 0 Å². The minimum atomic E-state index is -0.107. The molecule has 90 valence electrons. The van der Waals surface area contributed by atoms with Gasteiger partial charge in [-0.3, -0.25) is 4.79 Å². The summed E-state index contributed by atoms with van der Waals surface area (Å²) in [6.45, 7) is 0.460. The average Bonchev–Trinajstić information content (AvgIpc) is 2.88. The molecule has 3 N–H and O–H groups in total. The lowest BCUT2D eigenvalue weighted by atomic mass is 10.3. The molecule has 0 aromatic carbocycles. The van der Waals surface area contributed by atoms with Crippen LogP contribution in [0, 0.1) is 0 Å². The number of carbonyl (C=O) groups excluding carboxylic acids is 1. The molecular formula is C11H15N5O. The van der Waals surface area contributed by atoms with Gasteiger partial charge in [0.2, 0.25) is 0 Å². The van der Waals surface area contributed by atoms with Crippen molar-refractivity contribution in [2.45, 2.75) is 6.54 Å². The van der Waals surface area contributed by atoms with Crippen LogP contribution in [0.15, 0.2) is 24.7 Å². The molecule has 0 atom stereocenters. The molecule has 2 aromatic heterocycles. The van der Waals surface area contributed by atoms with E-state index >= 15 is 0 Å². The molecule has 0 bridgehead atoms. The Labute approximate surface area is 99.1 Å². The van der Waals surface area contributed by atoms with Gasteiger partial charge in [0.05, 0.1) is 6.54 Å². The second-order valence-corrected chi connectivity index (χ2v) is 3.96. The second-order valence-electron chi connectivity index (χ2n) is 3.96. The summed E-state index contributed by atoms with van der Waals surface area (Å²) in [7, 11) is 3.63. The lowest BCUT2D eigenvalue weighted by molar-refractivity contribution is 0.0775. The Morgan fingerprint density at radius 1 is 1.65 bits per heavy atom. The maximum atomic E-state index is 12.0. The third-order valence-corrected chi connectivity index (χ3v) is 2.58. The zero-order chi connectivity index (χ0) is 12.4. The molecule has 0 saturated heterocycles. The number of nitrogen functional groups attached to an aromatic ring is 1. The smallest absolute Gasteiger partial charge is 0.270 e. The van der Waals surface area contributed by atoms with Gasteiger partial charge in [-0.25, -0.2) is 4.98 Å². The van der Waals surface area contributed by atoms with E-state index in [0.29, 0.717) is 17.9 Å². The standard InChI is InChI=1S/C11H15N5O/c1-15-4-3-13-10(15)7-16(2)11(17)9-5-8(12)6-14-9/h3-6,14H,7,12H2,1-2H3. The summed E-state index contributed by atoms with van der Waals surface area (Å²) in [5.41, 5.74) is 6.60. The third-order valence-electron chi connectivity index (χ3n) is 2.58. The van der Waals surface area contributed by atoms with E-state index in [1.165, 1.54) is 0 Å². The predicted molar refractivity (Wildman–Crippen MR) is 64.2 cm³/mol. The molecule has 0 unspecified atom stereocenters. The number of H-pyrrole nitrogens is 1. The lowest BCUT2D eigenvalue weighted by Crippen LogP contribution is -2.27. The number of aromatic amines is 1. The van der Waals surface area contributed by atoms with Gasteiger partial charge in [0.25, 0.3) is 5.91 Å². The highest BCUT2D eigenvalue weighted by molar-refractivity contribution is 5.93. The molecule has 0 aliphatic carbocycles. The lowest BCUT2D eigenvalue weighted by Gasteiger charge is -2.15. The topological polar surface area (TPSA) is 79.9 Å². The van der Waals surface area contributed by atoms with Gasteiger partial charge in [-0.05, 0) is 6.07 Å². The molecule has 1 amide bonds. The number of carbonyl (C=O) groups is 1. The molecule has 0 aliphatic rings. The van der Waals surface area contributed by atoms with Crippen LogP contribution in [0.4, 0.5) is 5.69 Å². The van der Waals surface area contributed by atoms with E-state index in [0.717, 1.165) is 5.82 Å². The van der Waals surface area contributed by atoms with Crippen LogP contribution in [-0.2, 0) is 13.6 Å². The number of aromatic nitrogens is 3. The maximum absolute atomic E-state index is 12.0. The number of hydrogen-bond donors (Lipinski definition) is 2. The van der Waals surface area contributed by atoms with Crippen molar-refractivity contribution in [3.8, 4) is 0 Å². The van der Waals surface area contributed by atoms with E-state index in [1.54, 1.807) is 30.4 Å². The van der Waals surface area contributed by atoms with Crippen LogP contribution < -0.4 is 5.73 Å². The van der Waals surface area contributed by atoms with Crippen molar-refractivity contribution >= 4 is 11.6 Å². The number of anilines is 1. The average molecular weight is 233 g/mol. The van der Waals surface area contributed by atoms with Gasteiger partial charge in [0, 0.05) is 38.4 Å². The van der Waals surface area contributed by atoms with E-state index in [1.807, 2.05) is 17.8 Å². The fourth-order valence-corrected chi connectivity index (χ4v) is 1.57. The highest BCUT2D eigenvalue weighted by Gasteiger charge is 2.15. The first-order chi connectivity index (χ1) is 8.08. The van der Waals surface area contributed by atoms with Crippen molar-refractivity contribution in [1.82, 2.24) is 19.4 Å². The number of hydrogen-bond acceptors (Lipinski definition) is 3. The zero-order valence-electron chi connectivity index (χ0n) is 9.84. The van der Waals surface area contributed by atoms with Gasteiger partial charge in [0.1, 0.15) is 11.5 Å². The molecule has 17 heavy (non-hydrogen) atoms. The van der Waals surface area contributed by atoms with Gasteiger partial charge in [-0.2, -0.15) is 0 Å². The first-order valence-corrected chi connectivity index (χ1v) is 5.23. The Morgan fingerprint density at radius 2 is 2.41 bits per heavy atom. The van der Waals surface area contributed by atoms with E-state index in [-0.39, 0.29) is 5.91 Å². The highest BCUT2D eigenvalue weighted by Crippen LogP contribution is 2.09. The number of amides is 1. The maximum Gasteiger partial charge on any atom is 0.270 e. The molecule has 0 saturated carbocycles. The number of aryl methyl sites for hydroxylation is 1. The van der Waals surface area contributed by atoms with Crippen molar-refractivity contribution in [1.29, 1.82) is 0 Å². The predicted octanol–water partition coefficient (Wildman–Crippen LogP) is 0.603. The van der Waals surface area contributed by atoms with E-state index < -0.39 is 0 Å². The van der Waals surface area contributed by atoms with Crippen molar-refractivity contribution in [2.75, 3.05) is 12.8 Å². The van der Waals surface area contributed by atoms with Crippen molar-refractivity contribution in [2.24, 2.45) is 7.05 Å². The zero-order valence-corrected chi connectivity index (χ0v) is 9.84. The summed E-state index contributed by atoms with van der Waals surface area (Å²) in [5, 5.41) is 0. The van der Waals surface area contributed by atoms with E-state index in [4.69, 9.17) is 5.73 Å². The Hall–Kier alpha value is -2.24. The monoisotopic (exact) mass is 233 g/mol. The van der Waals surface area contributed by atoms with Crippen LogP contribution in [-0.4, -0.2) is 32.4 Å². The summed E-state index contributed by atoms with van der Waals surface area (Å²) >= 11 is 0. The molecule has 0 fully saturated rings. The van der Waals surface area contributed by atoms with Crippen molar-refractivity contribution < 1.29 is 4.79 Å². The molecule has 2 rings (SSSR count). The fraction of sp³-hybridized carbons (Fsp3) is 0.273. The van der Waals surface area contributed by atoms with Crippen LogP contribution in [0.2, 0.25) is 0 Å². The molecule has 6 nitrogen and oxygen atoms in total. The second kappa shape index (κ2) is 4.32. The summed E-state index contributed by atoms with van der Waals surface area (Å²) in [5.74, 6) is 0.727. The van der Waals surface area contributed by atoms with Crippen LogP contribution in [0.1, 0.15) is 16.3 Å². The largest absolute Gasteiger partial charge is 0.397 e. The number of nitrogens with one attached hydrogen (secondary N) is 1. The fourth-order valence-electron chi connectivity index (χ4n) is 1.57. The first-order valence-electron chi connectivity index (χ1n) is 5.23. The molecule has 0 radical (unpaired) electrons. The van der Waals surface area contributed by atoms with Gasteiger partial charge in [-0.15, -0.1) is 0 Å². The highest BCUT2D eigenvalue weighted by atomic mass is 16.2. The molecule has 0 aliphatic heterocycles. The SMILES string of the molecule is CN(Cc1nccn1C)C(=O)c1cc(N)c[nH]1. The van der Waals surface area contributed by atoms with Crippen LogP contribution >= 0.6 is 0 Å². The molecular weight excluding hydrogens is 218 g/mol. The summed E-state index contributed by atoms with van der Waals surface area (Å²) in [6.07, 6.45) is 5.16. The van der Waals surface area contributed by atoms with E-state index in [9.17, 15) is 4.79 Å². The third kappa shape index (κ3) is 2.30. The number of imidazole rings is 1. The Balaban J connectivity index is 2.08. The van der Waals surface area contributed by atoms with Gasteiger partial charge >= 0.3 is 0 Å². The number of nitrogens with two attached hydrogens (primary N) is 1. The molecule has 2 aromatic rings. The quantitative estimate of drug-likeness (QED) is 0.814. The summed E-state index contributed by atoms with van der Waals surface area (Å²) in [6, 6.07) is 1.62.